The van der Waals surface area contributed by atoms with Crippen molar-refractivity contribution in [3.63, 3.8) is 0 Å². The average molecular weight is 626 g/mol. The minimum Gasteiger partial charge on any atom is -0.463 e. The van der Waals surface area contributed by atoms with Crippen molar-refractivity contribution < 1.29 is 13.9 Å². The van der Waals surface area contributed by atoms with E-state index in [9.17, 15) is 9.59 Å². The van der Waals surface area contributed by atoms with Gasteiger partial charge in [-0.05, 0) is 71.1 Å². The monoisotopic (exact) mass is 624 g/mol. The van der Waals surface area contributed by atoms with Gasteiger partial charge in [0.2, 0.25) is 0 Å². The number of carbonyl (C=O) groups is 1. The smallest absolute Gasteiger partial charge is 0.338 e. The summed E-state index contributed by atoms with van der Waals surface area (Å²) in [5.74, 6) is 1.03. The fourth-order valence-corrected chi connectivity index (χ4v) is 5.99. The van der Waals surface area contributed by atoms with Gasteiger partial charge in [0.15, 0.2) is 4.80 Å². The first-order chi connectivity index (χ1) is 18.7. The van der Waals surface area contributed by atoms with E-state index in [1.54, 1.807) is 30.6 Å². The molecule has 0 saturated heterocycles. The van der Waals surface area contributed by atoms with Crippen molar-refractivity contribution in [1.82, 2.24) is 4.57 Å². The molecule has 2 aromatic heterocycles. The Morgan fingerprint density at radius 1 is 1.21 bits per heavy atom. The van der Waals surface area contributed by atoms with Crippen molar-refractivity contribution in [3.8, 4) is 11.3 Å². The number of fused-ring (bicyclic) bond motifs is 1. The highest BCUT2D eigenvalue weighted by atomic mass is 79.9. The van der Waals surface area contributed by atoms with Gasteiger partial charge in [0, 0.05) is 16.1 Å². The molecule has 0 spiro atoms. The van der Waals surface area contributed by atoms with Crippen molar-refractivity contribution in [3.05, 3.63) is 112 Å². The first-order valence-electron chi connectivity index (χ1n) is 12.5. The molecular weight excluding hydrogens is 600 g/mol. The molecule has 5 rings (SSSR count). The van der Waals surface area contributed by atoms with Crippen LogP contribution in [0.5, 0.6) is 0 Å². The standard InChI is InChI=1S/C30H26BrClN2O4S/c1-5-37-29(36)26-17(4)33-30-34(27(26)19-8-6-18(7-9-19)16(2)3)28(35)25(39-30)15-21-11-13-24(38-21)20-10-12-22(31)23(32)14-20/h6-16,27H,5H2,1-4H3/b25-15-/t27-/m0/s1. The van der Waals surface area contributed by atoms with E-state index in [-0.39, 0.29) is 12.2 Å². The third kappa shape index (κ3) is 5.33. The number of esters is 1. The van der Waals surface area contributed by atoms with Crippen LogP contribution in [0.25, 0.3) is 17.4 Å². The number of thiazole rings is 1. The molecular formula is C30H26BrClN2O4S. The Kier molecular flexibility index (Phi) is 7.80. The molecule has 1 atom stereocenters. The minimum atomic E-state index is -0.652. The molecule has 0 fully saturated rings. The molecule has 0 radical (unpaired) electrons. The lowest BCUT2D eigenvalue weighted by molar-refractivity contribution is -0.139. The maximum atomic E-state index is 13.8. The Hall–Kier alpha value is -3.20. The molecule has 0 aliphatic carbocycles. The molecule has 9 heteroatoms. The number of rotatable bonds is 6. The Balaban J connectivity index is 1.62. The van der Waals surface area contributed by atoms with Gasteiger partial charge in [0.05, 0.1) is 33.5 Å². The maximum absolute atomic E-state index is 13.8. The lowest BCUT2D eigenvalue weighted by Gasteiger charge is -2.25. The van der Waals surface area contributed by atoms with Crippen LogP contribution in [0.3, 0.4) is 0 Å². The second-order valence-electron chi connectivity index (χ2n) is 9.45. The largest absolute Gasteiger partial charge is 0.463 e. The zero-order chi connectivity index (χ0) is 27.8. The van der Waals surface area contributed by atoms with Gasteiger partial charge in [-0.1, -0.05) is 67.1 Å². The summed E-state index contributed by atoms with van der Waals surface area (Å²) in [6, 6.07) is 16.6. The summed E-state index contributed by atoms with van der Waals surface area (Å²) in [5.41, 5.74) is 3.45. The number of allylic oxidation sites excluding steroid dienone is 1. The molecule has 200 valence electrons. The predicted molar refractivity (Wildman–Crippen MR) is 158 cm³/mol. The minimum absolute atomic E-state index is 0.226. The van der Waals surface area contributed by atoms with Gasteiger partial charge in [-0.3, -0.25) is 9.36 Å². The van der Waals surface area contributed by atoms with Crippen LogP contribution in [0, 0.1) is 0 Å². The van der Waals surface area contributed by atoms with Gasteiger partial charge in [0.1, 0.15) is 11.5 Å². The molecule has 0 unspecified atom stereocenters. The van der Waals surface area contributed by atoms with E-state index < -0.39 is 12.0 Å². The summed E-state index contributed by atoms with van der Waals surface area (Å²) >= 11 is 10.9. The summed E-state index contributed by atoms with van der Waals surface area (Å²) in [6.45, 7) is 8.01. The number of halogens is 2. The number of furan rings is 1. The summed E-state index contributed by atoms with van der Waals surface area (Å²) in [4.78, 5) is 32.0. The van der Waals surface area contributed by atoms with Crippen molar-refractivity contribution in [2.75, 3.05) is 6.61 Å². The molecule has 1 aliphatic rings. The summed E-state index contributed by atoms with van der Waals surface area (Å²) < 4.78 is 14.2. The summed E-state index contributed by atoms with van der Waals surface area (Å²) in [6.07, 6.45) is 1.70. The second kappa shape index (κ2) is 11.1. The first-order valence-corrected chi connectivity index (χ1v) is 14.5. The molecule has 0 saturated carbocycles. The van der Waals surface area contributed by atoms with E-state index in [0.717, 1.165) is 15.6 Å². The van der Waals surface area contributed by atoms with Gasteiger partial charge in [-0.25, -0.2) is 9.79 Å². The molecule has 2 aromatic carbocycles. The Bertz CT molecular complexity index is 1780. The van der Waals surface area contributed by atoms with Crippen LogP contribution in [0.1, 0.15) is 56.5 Å². The zero-order valence-electron chi connectivity index (χ0n) is 21.8. The SMILES string of the molecule is CCOC(=O)C1=C(C)N=c2s/c(=C\c3ccc(-c4ccc(Br)c(Cl)c4)o3)c(=O)n2[C@H]1c1ccc(C(C)C)cc1. The highest BCUT2D eigenvalue weighted by Gasteiger charge is 2.33. The van der Waals surface area contributed by atoms with E-state index in [1.807, 2.05) is 48.5 Å². The van der Waals surface area contributed by atoms with Gasteiger partial charge in [0.25, 0.3) is 5.56 Å². The van der Waals surface area contributed by atoms with Crippen LogP contribution >= 0.6 is 38.9 Å². The molecule has 1 aliphatic heterocycles. The Morgan fingerprint density at radius 3 is 2.62 bits per heavy atom. The van der Waals surface area contributed by atoms with Crippen LogP contribution in [0.15, 0.2) is 84.5 Å². The molecule has 6 nitrogen and oxygen atoms in total. The lowest BCUT2D eigenvalue weighted by atomic mass is 9.93. The number of hydrogen-bond acceptors (Lipinski definition) is 6. The molecule has 4 aromatic rings. The maximum Gasteiger partial charge on any atom is 0.338 e. The van der Waals surface area contributed by atoms with Crippen LogP contribution < -0.4 is 14.9 Å². The molecule has 0 N–H and O–H groups in total. The fraction of sp³-hybridized carbons (Fsp3) is 0.233. The van der Waals surface area contributed by atoms with Crippen LogP contribution in [0.4, 0.5) is 0 Å². The predicted octanol–water partition coefficient (Wildman–Crippen LogP) is 6.60. The first kappa shape index (κ1) is 27.4. The molecule has 0 bridgehead atoms. The third-order valence-electron chi connectivity index (χ3n) is 6.54. The van der Waals surface area contributed by atoms with Crippen LogP contribution in [-0.2, 0) is 9.53 Å². The third-order valence-corrected chi connectivity index (χ3v) is 8.76. The second-order valence-corrected chi connectivity index (χ2v) is 11.7. The Labute approximate surface area is 243 Å². The van der Waals surface area contributed by atoms with E-state index in [2.05, 4.69) is 34.8 Å². The van der Waals surface area contributed by atoms with Crippen LogP contribution in [-0.4, -0.2) is 17.1 Å². The number of carbonyl (C=O) groups excluding carboxylic acids is 1. The number of benzene rings is 2. The highest BCUT2D eigenvalue weighted by molar-refractivity contribution is 9.10. The van der Waals surface area contributed by atoms with Crippen molar-refractivity contribution in [2.24, 2.45) is 4.99 Å². The van der Waals surface area contributed by atoms with Crippen LogP contribution in [0.2, 0.25) is 5.02 Å². The quantitative estimate of drug-likeness (QED) is 0.227. The lowest BCUT2D eigenvalue weighted by Crippen LogP contribution is -2.39. The molecule has 39 heavy (non-hydrogen) atoms. The number of hydrogen-bond donors (Lipinski definition) is 0. The normalized spacial score (nSPS) is 15.5. The summed E-state index contributed by atoms with van der Waals surface area (Å²) in [5, 5.41) is 0.577. The van der Waals surface area contributed by atoms with E-state index in [4.69, 9.17) is 20.8 Å². The Morgan fingerprint density at radius 2 is 1.95 bits per heavy atom. The topological polar surface area (TPSA) is 73.8 Å². The van der Waals surface area contributed by atoms with Gasteiger partial charge >= 0.3 is 5.97 Å². The van der Waals surface area contributed by atoms with E-state index >= 15 is 0 Å². The molecule has 3 heterocycles. The summed E-state index contributed by atoms with van der Waals surface area (Å²) in [7, 11) is 0. The molecule has 0 amide bonds. The number of nitrogens with zero attached hydrogens (tertiary/aromatic N) is 2. The highest BCUT2D eigenvalue weighted by Crippen LogP contribution is 2.32. The number of aromatic nitrogens is 1. The number of ether oxygens (including phenoxy) is 1. The average Bonchev–Trinajstić information content (AvgIpc) is 3.49. The van der Waals surface area contributed by atoms with Gasteiger partial charge in [-0.2, -0.15) is 0 Å². The van der Waals surface area contributed by atoms with Crippen molar-refractivity contribution in [1.29, 1.82) is 0 Å². The van der Waals surface area contributed by atoms with Crippen molar-refractivity contribution in [2.45, 2.75) is 39.7 Å². The van der Waals surface area contributed by atoms with Crippen molar-refractivity contribution >= 4 is 50.9 Å². The fourth-order valence-electron chi connectivity index (χ4n) is 4.53. The zero-order valence-corrected chi connectivity index (χ0v) is 25.0. The van der Waals surface area contributed by atoms with E-state index in [1.165, 1.54) is 16.9 Å². The van der Waals surface area contributed by atoms with Gasteiger partial charge < -0.3 is 9.15 Å². The van der Waals surface area contributed by atoms with Gasteiger partial charge in [-0.15, -0.1) is 0 Å². The van der Waals surface area contributed by atoms with E-state index in [0.29, 0.717) is 43.1 Å².